The van der Waals surface area contributed by atoms with Crippen molar-refractivity contribution in [1.82, 2.24) is 0 Å². The molecule has 0 spiro atoms. The quantitative estimate of drug-likeness (QED) is 0.530. The van der Waals surface area contributed by atoms with Gasteiger partial charge in [0.2, 0.25) is 0 Å². The lowest BCUT2D eigenvalue weighted by Gasteiger charge is -2.10. The summed E-state index contributed by atoms with van der Waals surface area (Å²) >= 11 is 0. The van der Waals surface area contributed by atoms with E-state index in [-0.39, 0.29) is 35.2 Å². The van der Waals surface area contributed by atoms with Crippen LogP contribution < -0.4 is 4.74 Å². The van der Waals surface area contributed by atoms with E-state index in [0.717, 1.165) is 0 Å². The van der Waals surface area contributed by atoms with Crippen molar-refractivity contribution in [2.75, 3.05) is 19.0 Å². The number of sulfone groups is 1. The van der Waals surface area contributed by atoms with E-state index >= 15 is 0 Å². The first-order chi connectivity index (χ1) is 11.9. The average Bonchev–Trinajstić information content (AvgIpc) is 2.63. The molecule has 0 unspecified atom stereocenters. The Morgan fingerprint density at radius 2 is 1.72 bits per heavy atom. The van der Waals surface area contributed by atoms with Crippen LogP contribution in [-0.4, -0.2) is 33.4 Å². The van der Waals surface area contributed by atoms with Crippen LogP contribution in [0.1, 0.15) is 23.7 Å². The fraction of sp³-hybridized carbons (Fsp3) is 0.278. The molecule has 7 heteroatoms. The molecule has 134 valence electrons. The molecule has 0 saturated heterocycles. The number of ether oxygens (including phenoxy) is 2. The highest BCUT2D eigenvalue weighted by Gasteiger charge is 2.21. The highest BCUT2D eigenvalue weighted by molar-refractivity contribution is 7.91. The Labute approximate surface area is 146 Å². The summed E-state index contributed by atoms with van der Waals surface area (Å²) in [5.74, 6) is -0.605. The van der Waals surface area contributed by atoms with Gasteiger partial charge in [0.05, 0.1) is 29.4 Å². The number of hydrogen-bond donors (Lipinski definition) is 0. The van der Waals surface area contributed by atoms with Gasteiger partial charge in [0, 0.05) is 6.42 Å². The van der Waals surface area contributed by atoms with E-state index in [4.69, 9.17) is 9.47 Å². The largest absolute Gasteiger partial charge is 0.493 e. The normalized spacial score (nSPS) is 11.1. The molecule has 0 aliphatic carbocycles. The molecule has 2 aromatic rings. The van der Waals surface area contributed by atoms with Gasteiger partial charge in [-0.2, -0.15) is 0 Å². The maximum absolute atomic E-state index is 12.8. The smallest absolute Gasteiger partial charge is 0.339 e. The molecule has 0 aromatic heterocycles. The molecule has 0 N–H and O–H groups in total. The number of halogens is 1. The van der Waals surface area contributed by atoms with Crippen LogP contribution in [0.25, 0.3) is 0 Å². The zero-order valence-corrected chi connectivity index (χ0v) is 14.6. The summed E-state index contributed by atoms with van der Waals surface area (Å²) in [6, 6.07) is 11.6. The van der Waals surface area contributed by atoms with Crippen molar-refractivity contribution in [3.63, 3.8) is 0 Å². The molecule has 0 amide bonds. The maximum atomic E-state index is 12.8. The van der Waals surface area contributed by atoms with Crippen molar-refractivity contribution in [3.8, 4) is 5.75 Å². The van der Waals surface area contributed by atoms with Crippen LogP contribution >= 0.6 is 0 Å². The Hall–Kier alpha value is -2.41. The SMILES string of the molecule is CCS(=O)(=O)c1ccccc1C(=O)OCCCOc1ccc(F)cc1. The molecule has 25 heavy (non-hydrogen) atoms. The number of carbonyl (C=O) groups excluding carboxylic acids is 1. The standard InChI is InChI=1S/C18H19FO5S/c1-2-25(21,22)17-7-4-3-6-16(17)18(20)24-13-5-12-23-15-10-8-14(19)9-11-15/h3-4,6-11H,2,5,12-13H2,1H3. The van der Waals surface area contributed by atoms with Crippen molar-refractivity contribution in [3.05, 3.63) is 59.9 Å². The van der Waals surface area contributed by atoms with E-state index in [2.05, 4.69) is 0 Å². The second kappa shape index (κ2) is 8.62. The van der Waals surface area contributed by atoms with Crippen LogP contribution in [0.4, 0.5) is 4.39 Å². The molecule has 5 nitrogen and oxygen atoms in total. The summed E-state index contributed by atoms with van der Waals surface area (Å²) in [6.45, 7) is 1.89. The lowest BCUT2D eigenvalue weighted by Crippen LogP contribution is -2.14. The molecular weight excluding hydrogens is 347 g/mol. The molecule has 0 fully saturated rings. The zero-order chi connectivity index (χ0) is 18.3. The zero-order valence-electron chi connectivity index (χ0n) is 13.8. The molecule has 2 rings (SSSR count). The molecule has 0 saturated carbocycles. The summed E-state index contributed by atoms with van der Waals surface area (Å²) in [5.41, 5.74) is 0.0313. The van der Waals surface area contributed by atoms with Gasteiger partial charge in [0.1, 0.15) is 11.6 Å². The number of carbonyl (C=O) groups is 1. The molecule has 0 bridgehead atoms. The van der Waals surface area contributed by atoms with Gasteiger partial charge in [-0.1, -0.05) is 19.1 Å². The van der Waals surface area contributed by atoms with Gasteiger partial charge in [-0.15, -0.1) is 0 Å². The lowest BCUT2D eigenvalue weighted by molar-refractivity contribution is 0.0481. The molecule has 0 aliphatic rings. The van der Waals surface area contributed by atoms with Crippen molar-refractivity contribution in [2.24, 2.45) is 0 Å². The second-order valence-corrected chi connectivity index (χ2v) is 7.44. The van der Waals surface area contributed by atoms with Gasteiger partial charge in [-0.05, 0) is 36.4 Å². The fourth-order valence-corrected chi connectivity index (χ4v) is 3.17. The third-order valence-electron chi connectivity index (χ3n) is 3.43. The van der Waals surface area contributed by atoms with E-state index in [0.29, 0.717) is 12.2 Å². The summed E-state index contributed by atoms with van der Waals surface area (Å²) in [5, 5.41) is 0. The minimum Gasteiger partial charge on any atom is -0.493 e. The van der Waals surface area contributed by atoms with Crippen LogP contribution in [0.15, 0.2) is 53.4 Å². The summed E-state index contributed by atoms with van der Waals surface area (Å²) in [7, 11) is -3.50. The molecular formula is C18H19FO5S. The number of rotatable bonds is 8. The Morgan fingerprint density at radius 1 is 1.04 bits per heavy atom. The van der Waals surface area contributed by atoms with Crippen molar-refractivity contribution in [1.29, 1.82) is 0 Å². The fourth-order valence-electron chi connectivity index (χ4n) is 2.08. The van der Waals surface area contributed by atoms with Crippen LogP contribution in [0.5, 0.6) is 5.75 Å². The minimum absolute atomic E-state index is 0.0231. The van der Waals surface area contributed by atoms with E-state index in [9.17, 15) is 17.6 Å². The van der Waals surface area contributed by atoms with E-state index in [1.54, 1.807) is 12.1 Å². The van der Waals surface area contributed by atoms with Gasteiger partial charge in [-0.3, -0.25) is 0 Å². The molecule has 0 atom stereocenters. The summed E-state index contributed by atoms with van der Waals surface area (Å²) in [6.07, 6.45) is 0.422. The number of hydrogen-bond acceptors (Lipinski definition) is 5. The van der Waals surface area contributed by atoms with E-state index in [1.807, 2.05) is 0 Å². The van der Waals surface area contributed by atoms with Crippen LogP contribution in [0.2, 0.25) is 0 Å². The van der Waals surface area contributed by atoms with Crippen LogP contribution in [-0.2, 0) is 14.6 Å². The highest BCUT2D eigenvalue weighted by atomic mass is 32.2. The van der Waals surface area contributed by atoms with Crippen LogP contribution in [0.3, 0.4) is 0 Å². The highest BCUT2D eigenvalue weighted by Crippen LogP contribution is 2.18. The average molecular weight is 366 g/mol. The first-order valence-corrected chi connectivity index (χ1v) is 9.46. The Morgan fingerprint density at radius 3 is 2.40 bits per heavy atom. The number of esters is 1. The number of benzene rings is 2. The van der Waals surface area contributed by atoms with Gasteiger partial charge in [-0.25, -0.2) is 17.6 Å². The predicted octanol–water partition coefficient (Wildman–Crippen LogP) is 3.25. The van der Waals surface area contributed by atoms with Crippen LogP contribution in [0, 0.1) is 5.82 Å². The molecule has 2 aromatic carbocycles. The van der Waals surface area contributed by atoms with Crippen molar-refractivity contribution < 1.29 is 27.1 Å². The minimum atomic E-state index is -3.50. The molecule has 0 radical (unpaired) electrons. The first kappa shape index (κ1) is 18.9. The monoisotopic (exact) mass is 366 g/mol. The summed E-state index contributed by atoms with van der Waals surface area (Å²) < 4.78 is 47.3. The Balaban J connectivity index is 1.86. The third kappa shape index (κ3) is 5.29. The maximum Gasteiger partial charge on any atom is 0.339 e. The van der Waals surface area contributed by atoms with Crippen molar-refractivity contribution in [2.45, 2.75) is 18.2 Å². The topological polar surface area (TPSA) is 69.7 Å². The Kier molecular flexibility index (Phi) is 6.52. The third-order valence-corrected chi connectivity index (χ3v) is 5.21. The van der Waals surface area contributed by atoms with E-state index < -0.39 is 15.8 Å². The Bertz CT molecular complexity index is 816. The van der Waals surface area contributed by atoms with Gasteiger partial charge in [0.25, 0.3) is 0 Å². The van der Waals surface area contributed by atoms with Gasteiger partial charge >= 0.3 is 5.97 Å². The summed E-state index contributed by atoms with van der Waals surface area (Å²) in [4.78, 5) is 12.1. The van der Waals surface area contributed by atoms with E-state index in [1.165, 1.54) is 43.3 Å². The predicted molar refractivity (Wildman–Crippen MR) is 91.0 cm³/mol. The molecule has 0 aliphatic heterocycles. The van der Waals surface area contributed by atoms with Gasteiger partial charge in [0.15, 0.2) is 9.84 Å². The van der Waals surface area contributed by atoms with Gasteiger partial charge < -0.3 is 9.47 Å². The second-order valence-electron chi connectivity index (χ2n) is 5.19. The van der Waals surface area contributed by atoms with Crippen molar-refractivity contribution >= 4 is 15.8 Å². The first-order valence-electron chi connectivity index (χ1n) is 7.81. The lowest BCUT2D eigenvalue weighted by atomic mass is 10.2. The molecule has 0 heterocycles.